The number of rotatable bonds is 12. The number of hydrogen-bond donors (Lipinski definition) is 1. The maximum atomic E-state index is 10.8. The van der Waals surface area contributed by atoms with Crippen LogP contribution in [0.1, 0.15) is 40.5 Å². The summed E-state index contributed by atoms with van der Waals surface area (Å²) in [6.45, 7) is 9.34. The van der Waals surface area contributed by atoms with Gasteiger partial charge in [0.2, 0.25) is 0 Å². The van der Waals surface area contributed by atoms with Crippen LogP contribution in [-0.2, 0) is 14.3 Å². The SMILES string of the molecule is CC.CC/C=C(\C=C/OCCN(C)c1ccccn1)CC(SC=O)C(C)N.COC. The van der Waals surface area contributed by atoms with Crippen LogP contribution in [0.2, 0.25) is 0 Å². The molecule has 1 aromatic heterocycles. The van der Waals surface area contributed by atoms with E-state index in [-0.39, 0.29) is 11.3 Å². The van der Waals surface area contributed by atoms with Crippen molar-refractivity contribution in [3.8, 4) is 0 Å². The average molecular weight is 440 g/mol. The average Bonchev–Trinajstić information content (AvgIpc) is 2.75. The number of pyridine rings is 1. The van der Waals surface area contributed by atoms with Gasteiger partial charge in [-0.1, -0.05) is 44.7 Å². The van der Waals surface area contributed by atoms with E-state index < -0.39 is 0 Å². The number of likely N-dealkylation sites (N-methyl/N-ethyl adjacent to an activating group) is 1. The molecular weight excluding hydrogens is 398 g/mol. The number of carbonyl (C=O) groups is 1. The highest BCUT2D eigenvalue weighted by molar-refractivity contribution is 8.12. The summed E-state index contributed by atoms with van der Waals surface area (Å²) in [5.74, 6) is 0.923. The fourth-order valence-corrected chi connectivity index (χ4v) is 2.91. The molecule has 0 aliphatic heterocycles. The van der Waals surface area contributed by atoms with Crippen molar-refractivity contribution >= 4 is 23.2 Å². The zero-order valence-corrected chi connectivity index (χ0v) is 20.5. The first kappa shape index (κ1) is 30.4. The van der Waals surface area contributed by atoms with Crippen LogP contribution in [0.3, 0.4) is 0 Å². The highest BCUT2D eigenvalue weighted by atomic mass is 32.2. The molecule has 0 amide bonds. The van der Waals surface area contributed by atoms with Crippen molar-refractivity contribution in [2.75, 3.05) is 39.3 Å². The van der Waals surface area contributed by atoms with Crippen LogP contribution in [0.5, 0.6) is 0 Å². The minimum atomic E-state index is -0.0446. The highest BCUT2D eigenvalue weighted by Gasteiger charge is 2.15. The molecule has 1 aromatic rings. The molecule has 0 fully saturated rings. The van der Waals surface area contributed by atoms with Crippen LogP contribution in [0, 0.1) is 0 Å². The van der Waals surface area contributed by atoms with Gasteiger partial charge in [-0.25, -0.2) is 4.98 Å². The quantitative estimate of drug-likeness (QED) is 0.219. The van der Waals surface area contributed by atoms with Crippen molar-refractivity contribution in [3.63, 3.8) is 0 Å². The number of thioether (sulfide) groups is 1. The van der Waals surface area contributed by atoms with E-state index in [1.54, 1.807) is 26.7 Å². The van der Waals surface area contributed by atoms with Gasteiger partial charge < -0.3 is 20.1 Å². The van der Waals surface area contributed by atoms with Gasteiger partial charge >= 0.3 is 0 Å². The Morgan fingerprint density at radius 2 is 2.00 bits per heavy atom. The second kappa shape index (κ2) is 21.9. The number of carbonyl (C=O) groups excluding carboxylic acids is 1. The van der Waals surface area contributed by atoms with E-state index in [0.29, 0.717) is 6.61 Å². The van der Waals surface area contributed by atoms with Crippen molar-refractivity contribution < 1.29 is 14.3 Å². The third-order valence-electron chi connectivity index (χ3n) is 3.68. The molecule has 0 radical (unpaired) electrons. The molecule has 172 valence electrons. The van der Waals surface area contributed by atoms with Gasteiger partial charge in [-0.15, -0.1) is 0 Å². The third-order valence-corrected chi connectivity index (χ3v) is 4.74. The second-order valence-corrected chi connectivity index (χ2v) is 7.28. The molecule has 0 spiro atoms. The van der Waals surface area contributed by atoms with Crippen molar-refractivity contribution in [2.24, 2.45) is 5.73 Å². The lowest BCUT2D eigenvalue weighted by molar-refractivity contribution is 0.257. The molecule has 0 saturated heterocycles. The van der Waals surface area contributed by atoms with Gasteiger partial charge in [0.15, 0.2) is 5.62 Å². The Labute approximate surface area is 187 Å². The molecular formula is C23H41N3O3S. The van der Waals surface area contributed by atoms with Gasteiger partial charge in [-0.3, -0.25) is 4.79 Å². The van der Waals surface area contributed by atoms with Gasteiger partial charge in [0, 0.05) is 38.8 Å². The molecule has 0 aliphatic carbocycles. The Hall–Kier alpha value is -1.83. The largest absolute Gasteiger partial charge is 0.499 e. The van der Waals surface area contributed by atoms with E-state index in [9.17, 15) is 4.79 Å². The maximum Gasteiger partial charge on any atom is 0.176 e. The molecule has 2 atom stereocenters. The fraction of sp³-hybridized carbons (Fsp3) is 0.565. The van der Waals surface area contributed by atoms with Crippen LogP contribution in [0.15, 0.2) is 48.4 Å². The summed E-state index contributed by atoms with van der Waals surface area (Å²) in [4.78, 5) is 17.1. The summed E-state index contributed by atoms with van der Waals surface area (Å²) < 4.78 is 9.86. The van der Waals surface area contributed by atoms with E-state index >= 15 is 0 Å². The summed E-state index contributed by atoms with van der Waals surface area (Å²) in [5, 5.41) is 0.0789. The topological polar surface area (TPSA) is 77.7 Å². The number of allylic oxidation sites excluding steroid dienone is 3. The number of hydrogen-bond acceptors (Lipinski definition) is 7. The predicted molar refractivity (Wildman–Crippen MR) is 132 cm³/mol. The van der Waals surface area contributed by atoms with E-state index in [0.717, 1.165) is 36.4 Å². The molecule has 1 heterocycles. The molecule has 30 heavy (non-hydrogen) atoms. The Morgan fingerprint density at radius 3 is 2.50 bits per heavy atom. The van der Waals surface area contributed by atoms with Crippen molar-refractivity contribution in [3.05, 3.63) is 48.4 Å². The summed E-state index contributed by atoms with van der Waals surface area (Å²) in [6, 6.07) is 5.79. The normalized spacial score (nSPS) is 12.7. The van der Waals surface area contributed by atoms with Gasteiger partial charge in [0.05, 0.1) is 12.8 Å². The number of nitrogens with zero attached hydrogens (tertiary/aromatic N) is 2. The van der Waals surface area contributed by atoms with E-state index in [1.807, 2.05) is 57.0 Å². The van der Waals surface area contributed by atoms with Crippen molar-refractivity contribution in [1.29, 1.82) is 0 Å². The van der Waals surface area contributed by atoms with Gasteiger partial charge in [-0.05, 0) is 43.5 Å². The Kier molecular flexibility index (Phi) is 22.1. The molecule has 7 heteroatoms. The third kappa shape index (κ3) is 16.0. The van der Waals surface area contributed by atoms with Crippen LogP contribution < -0.4 is 10.6 Å². The zero-order chi connectivity index (χ0) is 23.2. The molecule has 0 aromatic carbocycles. The molecule has 2 unspecified atom stereocenters. The summed E-state index contributed by atoms with van der Waals surface area (Å²) >= 11 is 1.25. The number of ether oxygens (including phenoxy) is 2. The van der Waals surface area contributed by atoms with Gasteiger partial charge in [0.1, 0.15) is 12.4 Å². The smallest absolute Gasteiger partial charge is 0.176 e. The van der Waals surface area contributed by atoms with Crippen LogP contribution in [0.4, 0.5) is 5.82 Å². The van der Waals surface area contributed by atoms with Gasteiger partial charge in [0.25, 0.3) is 0 Å². The minimum Gasteiger partial charge on any atom is -0.499 e. The lowest BCUT2D eigenvalue weighted by Gasteiger charge is -2.18. The van der Waals surface area contributed by atoms with E-state index in [1.165, 1.54) is 11.8 Å². The minimum absolute atomic E-state index is 0.0446. The second-order valence-electron chi connectivity index (χ2n) is 6.21. The van der Waals surface area contributed by atoms with Crippen LogP contribution >= 0.6 is 11.8 Å². The first-order chi connectivity index (χ1) is 14.5. The number of methoxy groups -OCH3 is 1. The lowest BCUT2D eigenvalue weighted by atomic mass is 10.1. The number of nitrogens with two attached hydrogens (primary N) is 1. The summed E-state index contributed by atoms with van der Waals surface area (Å²) in [5.41, 5.74) is 7.96. The number of anilines is 1. The monoisotopic (exact) mass is 439 g/mol. The zero-order valence-electron chi connectivity index (χ0n) is 19.7. The first-order valence-electron chi connectivity index (χ1n) is 10.3. The van der Waals surface area contributed by atoms with Crippen LogP contribution in [-0.4, -0.2) is 56.3 Å². The summed E-state index contributed by atoms with van der Waals surface area (Å²) in [7, 11) is 5.24. The summed E-state index contributed by atoms with van der Waals surface area (Å²) in [6.07, 6.45) is 9.28. The first-order valence-corrected chi connectivity index (χ1v) is 11.3. The highest BCUT2D eigenvalue weighted by Crippen LogP contribution is 2.21. The van der Waals surface area contributed by atoms with Gasteiger partial charge in [-0.2, -0.15) is 0 Å². The van der Waals surface area contributed by atoms with Crippen molar-refractivity contribution in [2.45, 2.75) is 51.8 Å². The maximum absolute atomic E-state index is 10.8. The standard InChI is InChI=1S/C19H29N3O2S.C2H6O.C2H6/c1-4-7-17(14-18(16(2)20)25-15-23)9-12-24-13-11-22(3)19-8-5-6-10-21-19;1-3-2;1-2/h5-10,12,15-16,18H,4,11,13-14,20H2,1-3H3;1-2H3;1-2H3/b12-9-,17-7+;;. The van der Waals surface area contributed by atoms with Crippen LogP contribution in [0.25, 0.3) is 0 Å². The molecule has 6 nitrogen and oxygen atoms in total. The molecule has 0 aliphatic rings. The molecule has 0 bridgehead atoms. The fourth-order valence-electron chi connectivity index (χ4n) is 2.23. The van der Waals surface area contributed by atoms with E-state index in [4.69, 9.17) is 10.5 Å². The molecule has 2 N–H and O–H groups in total. The number of aromatic nitrogens is 1. The predicted octanol–water partition coefficient (Wildman–Crippen LogP) is 4.70. The van der Waals surface area contributed by atoms with Crippen molar-refractivity contribution in [1.82, 2.24) is 4.98 Å². The molecule has 1 rings (SSSR count). The Balaban J connectivity index is 0. The van der Waals surface area contributed by atoms with E-state index in [2.05, 4.69) is 22.7 Å². The lowest BCUT2D eigenvalue weighted by Crippen LogP contribution is -2.29. The Morgan fingerprint density at radius 1 is 1.33 bits per heavy atom. The Bertz CT molecular complexity index is 566. The molecule has 0 saturated carbocycles.